The van der Waals surface area contributed by atoms with Crippen molar-refractivity contribution in [3.63, 3.8) is 0 Å². The molecule has 0 atom stereocenters. The monoisotopic (exact) mass is 492 g/mol. The largest absolute Gasteiger partial charge is 0.352 e. The van der Waals surface area contributed by atoms with Gasteiger partial charge >= 0.3 is 0 Å². The number of nitrogens with zero attached hydrogens (tertiary/aromatic N) is 2. The molecule has 5 nitrogen and oxygen atoms in total. The van der Waals surface area contributed by atoms with Crippen LogP contribution in [0.2, 0.25) is 0 Å². The number of rotatable bonds is 6. The van der Waals surface area contributed by atoms with Crippen LogP contribution in [0.5, 0.6) is 0 Å². The fourth-order valence-electron chi connectivity index (χ4n) is 3.23. The van der Waals surface area contributed by atoms with Gasteiger partial charge in [-0.2, -0.15) is 0 Å². The quantitative estimate of drug-likeness (QED) is 0.368. The molecule has 3 rings (SSSR count). The van der Waals surface area contributed by atoms with E-state index in [0.29, 0.717) is 19.5 Å². The molecule has 0 aromatic heterocycles. The smallest absolute Gasteiger partial charge is 0.222 e. The number of benzene rings is 2. The number of hydrogen-bond donors (Lipinski definition) is 2. The fourth-order valence-corrected chi connectivity index (χ4v) is 3.23. The molecule has 1 saturated heterocycles. The lowest BCUT2D eigenvalue weighted by Crippen LogP contribution is -2.36. The van der Waals surface area contributed by atoms with Gasteiger partial charge in [-0.15, -0.1) is 24.0 Å². The third-order valence-corrected chi connectivity index (χ3v) is 4.80. The molecule has 0 bridgehead atoms. The van der Waals surface area contributed by atoms with Gasteiger partial charge in [-0.05, 0) is 30.0 Å². The van der Waals surface area contributed by atoms with Gasteiger partial charge in [0, 0.05) is 39.6 Å². The average molecular weight is 492 g/mol. The van der Waals surface area contributed by atoms with Crippen molar-refractivity contribution >= 4 is 35.8 Å². The lowest BCUT2D eigenvalue weighted by molar-refractivity contribution is -0.128. The van der Waals surface area contributed by atoms with Crippen molar-refractivity contribution in [2.45, 2.75) is 39.4 Å². The van der Waals surface area contributed by atoms with E-state index in [1.54, 1.807) is 7.05 Å². The number of aryl methyl sites for hydroxylation is 1. The zero-order valence-electron chi connectivity index (χ0n) is 16.6. The first kappa shape index (κ1) is 22.2. The van der Waals surface area contributed by atoms with E-state index in [4.69, 9.17) is 0 Å². The van der Waals surface area contributed by atoms with Crippen molar-refractivity contribution in [2.75, 3.05) is 13.6 Å². The molecule has 0 saturated carbocycles. The Morgan fingerprint density at radius 3 is 2.36 bits per heavy atom. The summed E-state index contributed by atoms with van der Waals surface area (Å²) in [4.78, 5) is 18.0. The summed E-state index contributed by atoms with van der Waals surface area (Å²) in [5.41, 5.74) is 4.84. The van der Waals surface area contributed by atoms with Crippen LogP contribution in [0.15, 0.2) is 53.5 Å². The molecule has 2 N–H and O–H groups in total. The van der Waals surface area contributed by atoms with Crippen molar-refractivity contribution in [1.29, 1.82) is 0 Å². The first-order chi connectivity index (χ1) is 13.1. The second kappa shape index (κ2) is 11.0. The maximum Gasteiger partial charge on any atom is 0.222 e. The van der Waals surface area contributed by atoms with E-state index in [2.05, 4.69) is 71.1 Å². The van der Waals surface area contributed by atoms with Crippen molar-refractivity contribution in [3.8, 4) is 0 Å². The van der Waals surface area contributed by atoms with Gasteiger partial charge in [0.2, 0.25) is 5.91 Å². The van der Waals surface area contributed by atoms with E-state index in [0.717, 1.165) is 25.5 Å². The Hall–Kier alpha value is -2.09. The molecule has 1 aliphatic heterocycles. The number of hydrogen-bond acceptors (Lipinski definition) is 2. The minimum atomic E-state index is 0. The highest BCUT2D eigenvalue weighted by atomic mass is 127. The van der Waals surface area contributed by atoms with Gasteiger partial charge in [0.25, 0.3) is 0 Å². The zero-order valence-corrected chi connectivity index (χ0v) is 18.9. The van der Waals surface area contributed by atoms with Crippen molar-refractivity contribution in [1.82, 2.24) is 15.5 Å². The molecule has 6 heteroatoms. The summed E-state index contributed by atoms with van der Waals surface area (Å²) < 4.78 is 0. The molecular formula is C22H29IN4O. The van der Waals surface area contributed by atoms with Gasteiger partial charge in [0.15, 0.2) is 5.96 Å². The molecular weight excluding hydrogens is 463 g/mol. The van der Waals surface area contributed by atoms with Crippen LogP contribution < -0.4 is 10.6 Å². The Morgan fingerprint density at radius 1 is 1.04 bits per heavy atom. The Morgan fingerprint density at radius 2 is 1.71 bits per heavy atom. The zero-order chi connectivity index (χ0) is 19.1. The molecule has 1 heterocycles. The first-order valence-corrected chi connectivity index (χ1v) is 9.50. The summed E-state index contributed by atoms with van der Waals surface area (Å²) in [6, 6.07) is 16.9. The maximum atomic E-state index is 11.8. The van der Waals surface area contributed by atoms with Gasteiger partial charge in [-0.3, -0.25) is 9.79 Å². The molecule has 28 heavy (non-hydrogen) atoms. The molecule has 1 amide bonds. The van der Waals surface area contributed by atoms with Crippen LogP contribution in [-0.2, 0) is 24.4 Å². The number of amides is 1. The Balaban J connectivity index is 0.00000280. The average Bonchev–Trinajstić information content (AvgIpc) is 3.08. The molecule has 0 spiro atoms. The highest BCUT2D eigenvalue weighted by molar-refractivity contribution is 14.0. The fraction of sp³-hybridized carbons (Fsp3) is 0.364. The van der Waals surface area contributed by atoms with E-state index in [1.165, 1.54) is 22.3 Å². The van der Waals surface area contributed by atoms with E-state index in [1.807, 2.05) is 4.90 Å². The third-order valence-electron chi connectivity index (χ3n) is 4.80. The van der Waals surface area contributed by atoms with Crippen molar-refractivity contribution < 1.29 is 4.79 Å². The molecule has 1 aliphatic rings. The third kappa shape index (κ3) is 6.51. The summed E-state index contributed by atoms with van der Waals surface area (Å²) in [5, 5.41) is 6.70. The van der Waals surface area contributed by atoms with E-state index < -0.39 is 0 Å². The van der Waals surface area contributed by atoms with Crippen LogP contribution in [0.1, 0.15) is 35.1 Å². The highest BCUT2D eigenvalue weighted by Gasteiger charge is 2.19. The van der Waals surface area contributed by atoms with Gasteiger partial charge in [-0.1, -0.05) is 54.1 Å². The molecule has 1 fully saturated rings. The van der Waals surface area contributed by atoms with E-state index >= 15 is 0 Å². The number of guanidine groups is 1. The summed E-state index contributed by atoms with van der Waals surface area (Å²) in [6.07, 6.45) is 1.66. The van der Waals surface area contributed by atoms with Crippen LogP contribution >= 0.6 is 24.0 Å². The number of carbonyl (C=O) groups excluding carboxylic acids is 1. The van der Waals surface area contributed by atoms with Gasteiger partial charge in [0.05, 0.1) is 0 Å². The summed E-state index contributed by atoms with van der Waals surface area (Å²) in [7, 11) is 1.78. The normalized spacial score (nSPS) is 14.0. The SMILES string of the molecule is CN=C(NCc1ccc(C)cc1)NCc1cccc(CN2CCCC2=O)c1.I. The lowest BCUT2D eigenvalue weighted by Gasteiger charge is -2.16. The van der Waals surface area contributed by atoms with Gasteiger partial charge in [-0.25, -0.2) is 0 Å². The van der Waals surface area contributed by atoms with Gasteiger partial charge in [0.1, 0.15) is 0 Å². The van der Waals surface area contributed by atoms with Gasteiger partial charge < -0.3 is 15.5 Å². The van der Waals surface area contributed by atoms with E-state index in [9.17, 15) is 4.79 Å². The van der Waals surface area contributed by atoms with Crippen LogP contribution in [0, 0.1) is 6.92 Å². The van der Waals surface area contributed by atoms with Crippen LogP contribution in [0.25, 0.3) is 0 Å². The Kier molecular flexibility index (Phi) is 8.76. The molecule has 150 valence electrons. The molecule has 2 aromatic carbocycles. The standard InChI is InChI=1S/C22H28N4O.HI/c1-17-8-10-18(11-9-17)14-24-22(23-2)25-15-19-5-3-6-20(13-19)16-26-12-4-7-21(26)27;/h3,5-6,8-11,13H,4,7,12,14-16H2,1-2H3,(H2,23,24,25);1H. The molecule has 2 aromatic rings. The van der Waals surface area contributed by atoms with Crippen LogP contribution in [0.4, 0.5) is 0 Å². The Bertz CT molecular complexity index is 804. The number of halogens is 1. The first-order valence-electron chi connectivity index (χ1n) is 9.50. The lowest BCUT2D eigenvalue weighted by atomic mass is 10.1. The minimum Gasteiger partial charge on any atom is -0.352 e. The topological polar surface area (TPSA) is 56.7 Å². The predicted octanol–water partition coefficient (Wildman–Crippen LogP) is 3.60. The molecule has 0 aliphatic carbocycles. The summed E-state index contributed by atoms with van der Waals surface area (Å²) in [6.45, 7) is 5.09. The van der Waals surface area contributed by atoms with E-state index in [-0.39, 0.29) is 29.9 Å². The van der Waals surface area contributed by atoms with Crippen molar-refractivity contribution in [3.05, 3.63) is 70.8 Å². The Labute approximate surface area is 184 Å². The summed E-state index contributed by atoms with van der Waals surface area (Å²) in [5.74, 6) is 1.04. The molecule has 0 radical (unpaired) electrons. The highest BCUT2D eigenvalue weighted by Crippen LogP contribution is 2.15. The van der Waals surface area contributed by atoms with Crippen LogP contribution in [-0.4, -0.2) is 30.4 Å². The molecule has 0 unspecified atom stereocenters. The predicted molar refractivity (Wildman–Crippen MR) is 125 cm³/mol. The minimum absolute atomic E-state index is 0. The van der Waals surface area contributed by atoms with Crippen molar-refractivity contribution in [2.24, 2.45) is 4.99 Å². The second-order valence-electron chi connectivity index (χ2n) is 7.00. The number of carbonyl (C=O) groups is 1. The maximum absolute atomic E-state index is 11.8. The second-order valence-corrected chi connectivity index (χ2v) is 7.00. The number of aliphatic imine (C=N–C) groups is 1. The number of likely N-dealkylation sites (tertiary alicyclic amines) is 1. The summed E-state index contributed by atoms with van der Waals surface area (Å²) >= 11 is 0. The van der Waals surface area contributed by atoms with Crippen LogP contribution in [0.3, 0.4) is 0 Å². The number of nitrogens with one attached hydrogen (secondary N) is 2.